The van der Waals surface area contributed by atoms with Gasteiger partial charge in [0.25, 0.3) is 5.91 Å². The van der Waals surface area contributed by atoms with Gasteiger partial charge < -0.3 is 14.7 Å². The third kappa shape index (κ3) is 5.70. The lowest BCUT2D eigenvalue weighted by molar-refractivity contribution is -0.145. The van der Waals surface area contributed by atoms with Gasteiger partial charge in [0.05, 0.1) is 6.04 Å². The highest BCUT2D eigenvalue weighted by Crippen LogP contribution is 2.56. The van der Waals surface area contributed by atoms with Gasteiger partial charge >= 0.3 is 0 Å². The van der Waals surface area contributed by atoms with E-state index < -0.39 is 11.6 Å². The molecule has 0 spiro atoms. The van der Waals surface area contributed by atoms with Crippen molar-refractivity contribution in [1.29, 1.82) is 0 Å². The average molecular weight is 669 g/mol. The minimum absolute atomic E-state index is 0.0221. The van der Waals surface area contributed by atoms with Crippen LogP contribution in [0.25, 0.3) is 0 Å². The Morgan fingerprint density at radius 2 is 1.67 bits per heavy atom. The van der Waals surface area contributed by atoms with Gasteiger partial charge in [-0.2, -0.15) is 0 Å². The molecule has 0 N–H and O–H groups in total. The molecule has 2 aromatic rings. The predicted molar refractivity (Wildman–Crippen MR) is 184 cm³/mol. The Balaban J connectivity index is 1.37. The van der Waals surface area contributed by atoms with E-state index in [4.69, 9.17) is 28.2 Å². The number of amidine groups is 1. The largest absolute Gasteiger partial charge is 0.338 e. The van der Waals surface area contributed by atoms with E-state index in [1.54, 1.807) is 0 Å². The summed E-state index contributed by atoms with van der Waals surface area (Å²) in [4.78, 5) is 43.2. The Bertz CT molecular complexity index is 1530. The normalized spacial score (nSPS) is 28.7. The van der Waals surface area contributed by atoms with Crippen LogP contribution in [0.5, 0.6) is 0 Å². The van der Waals surface area contributed by atoms with Gasteiger partial charge in [-0.05, 0) is 93.2 Å². The number of piperazine rings is 1. The van der Waals surface area contributed by atoms with Crippen LogP contribution >= 0.6 is 35.0 Å². The van der Waals surface area contributed by atoms with E-state index in [0.717, 1.165) is 41.4 Å². The van der Waals surface area contributed by atoms with E-state index in [1.807, 2.05) is 46.2 Å². The number of hydrogen-bond donors (Lipinski definition) is 0. The maximum atomic E-state index is 14.7. The van der Waals surface area contributed by atoms with Crippen molar-refractivity contribution < 1.29 is 9.59 Å². The van der Waals surface area contributed by atoms with Gasteiger partial charge in [0, 0.05) is 47.5 Å². The number of allylic oxidation sites excluding steroid dienone is 1. The van der Waals surface area contributed by atoms with E-state index in [0.29, 0.717) is 40.5 Å². The minimum Gasteiger partial charge on any atom is -0.338 e. The molecule has 0 aromatic heterocycles. The van der Waals surface area contributed by atoms with Crippen molar-refractivity contribution >= 4 is 51.9 Å². The second kappa shape index (κ2) is 12.6. The Morgan fingerprint density at radius 3 is 2.29 bits per heavy atom. The van der Waals surface area contributed by atoms with Crippen LogP contribution in [0.2, 0.25) is 10.0 Å². The van der Waals surface area contributed by atoms with Crippen molar-refractivity contribution in [3.63, 3.8) is 0 Å². The lowest BCUT2D eigenvalue weighted by atomic mass is 9.81. The number of carbonyl (C=O) groups is 2. The molecule has 4 heterocycles. The molecule has 0 bridgehead atoms. The van der Waals surface area contributed by atoms with Gasteiger partial charge in [-0.3, -0.25) is 14.5 Å². The van der Waals surface area contributed by atoms with Gasteiger partial charge in [-0.25, -0.2) is 4.99 Å². The fourth-order valence-corrected chi connectivity index (χ4v) is 9.15. The van der Waals surface area contributed by atoms with Gasteiger partial charge in [0.15, 0.2) is 5.17 Å². The number of fused-ring (bicyclic) bond motifs is 1. The summed E-state index contributed by atoms with van der Waals surface area (Å²) < 4.78 is 0. The first-order valence-corrected chi connectivity index (χ1v) is 17.7. The zero-order valence-corrected chi connectivity index (χ0v) is 29.3. The lowest BCUT2D eigenvalue weighted by Crippen LogP contribution is -2.57. The fraction of sp³-hybridized carbons (Fsp3) is 0.514. The molecule has 45 heavy (non-hydrogen) atoms. The van der Waals surface area contributed by atoms with Crippen LogP contribution in [-0.4, -0.2) is 81.4 Å². The third-order valence-electron chi connectivity index (χ3n) is 10.1. The predicted octanol–water partition coefficient (Wildman–Crippen LogP) is 7.17. The topological polar surface area (TPSA) is 59.5 Å². The summed E-state index contributed by atoms with van der Waals surface area (Å²) >= 11 is 14.1. The molecule has 2 aromatic carbocycles. The summed E-state index contributed by atoms with van der Waals surface area (Å²) in [5.41, 5.74) is 2.43. The SMILES string of the molecule is CC[C@H]1CN(C(=O)[C@@H]2CC[C@@H](C)N2C(=O)C2=C(C(C)C)N3C(=N[C@@](C)(c4ccc(Cl)cc4)[C@H]3c3ccc(Cl)cc3)S2)CCN1C. The molecular weight excluding hydrogens is 625 g/mol. The molecule has 0 aliphatic carbocycles. The Kier molecular flexibility index (Phi) is 9.07. The van der Waals surface area contributed by atoms with Gasteiger partial charge in [-0.1, -0.05) is 68.2 Å². The fourth-order valence-electron chi connectivity index (χ4n) is 7.55. The van der Waals surface area contributed by atoms with Crippen LogP contribution in [0.15, 0.2) is 64.1 Å². The number of likely N-dealkylation sites (tertiary alicyclic amines) is 1. The molecule has 0 unspecified atom stereocenters. The molecule has 7 nitrogen and oxygen atoms in total. The number of halogens is 2. The molecule has 2 fully saturated rings. The van der Waals surface area contributed by atoms with Gasteiger partial charge in [0.2, 0.25) is 5.91 Å². The van der Waals surface area contributed by atoms with Gasteiger partial charge in [-0.15, -0.1) is 0 Å². The van der Waals surface area contributed by atoms with E-state index in [1.165, 1.54) is 11.8 Å². The highest BCUT2D eigenvalue weighted by atomic mass is 35.5. The first-order valence-electron chi connectivity index (χ1n) is 16.1. The van der Waals surface area contributed by atoms with Crippen LogP contribution < -0.4 is 0 Å². The number of likely N-dealkylation sites (N-methyl/N-ethyl adjacent to an activating group) is 1. The second-order valence-electron chi connectivity index (χ2n) is 13.3. The summed E-state index contributed by atoms with van der Waals surface area (Å²) in [6.07, 6.45) is 2.50. The highest BCUT2D eigenvalue weighted by Gasteiger charge is 2.54. The monoisotopic (exact) mass is 667 g/mol. The van der Waals surface area contributed by atoms with E-state index >= 15 is 0 Å². The van der Waals surface area contributed by atoms with Crippen molar-refractivity contribution in [3.05, 3.63) is 80.3 Å². The van der Waals surface area contributed by atoms with Crippen LogP contribution in [0.3, 0.4) is 0 Å². The van der Waals surface area contributed by atoms with Crippen molar-refractivity contribution in [1.82, 2.24) is 19.6 Å². The highest BCUT2D eigenvalue weighted by molar-refractivity contribution is 8.18. The van der Waals surface area contributed by atoms with Crippen LogP contribution in [0, 0.1) is 5.92 Å². The van der Waals surface area contributed by atoms with Crippen molar-refractivity contribution in [3.8, 4) is 0 Å². The molecular formula is C35H43Cl2N5O2S. The molecule has 2 amide bonds. The minimum atomic E-state index is -0.633. The number of amides is 2. The maximum absolute atomic E-state index is 14.7. The molecule has 5 atom stereocenters. The zero-order valence-electron chi connectivity index (χ0n) is 27.0. The maximum Gasteiger partial charge on any atom is 0.263 e. The number of carbonyl (C=O) groups excluding carboxylic acids is 2. The van der Waals surface area contributed by atoms with Crippen molar-refractivity contribution in [2.45, 2.75) is 83.6 Å². The summed E-state index contributed by atoms with van der Waals surface area (Å²) in [6, 6.07) is 15.5. The first-order chi connectivity index (χ1) is 21.4. The van der Waals surface area contributed by atoms with E-state index in [9.17, 15) is 9.59 Å². The lowest BCUT2D eigenvalue weighted by Gasteiger charge is -2.41. The Labute approximate surface area is 281 Å². The number of hydrogen-bond acceptors (Lipinski definition) is 6. The van der Waals surface area contributed by atoms with Crippen molar-refractivity contribution in [2.75, 3.05) is 26.7 Å². The number of thioether (sulfide) groups is 1. The molecule has 2 saturated heterocycles. The van der Waals surface area contributed by atoms with E-state index in [-0.39, 0.29) is 29.8 Å². The standard InChI is InChI=1S/C35H43Cl2N5O2S/c1-7-27-20-40(19-18-39(27)6)32(43)28-17-8-22(4)41(28)33(44)30-29(21(2)3)42-31(23-9-13-25(36)14-10-23)35(5,38-34(42)45-30)24-11-15-26(37)16-12-24/h9-16,21-22,27-28,31H,7-8,17-20H2,1-6H3/t22-,27+,28+,31-,35+/m1/s1. The summed E-state index contributed by atoms with van der Waals surface area (Å²) in [6.45, 7) is 12.9. The van der Waals surface area contributed by atoms with Gasteiger partial charge in [0.1, 0.15) is 16.5 Å². The zero-order chi connectivity index (χ0) is 32.2. The smallest absolute Gasteiger partial charge is 0.263 e. The van der Waals surface area contributed by atoms with E-state index in [2.05, 4.69) is 63.6 Å². The molecule has 240 valence electrons. The second-order valence-corrected chi connectivity index (χ2v) is 15.2. The number of benzene rings is 2. The third-order valence-corrected chi connectivity index (χ3v) is 11.7. The molecule has 6 rings (SSSR count). The number of aliphatic imine (C=N–C) groups is 1. The molecule has 0 radical (unpaired) electrons. The Morgan fingerprint density at radius 1 is 1.02 bits per heavy atom. The van der Waals surface area contributed by atoms with Crippen LogP contribution in [0.1, 0.15) is 71.0 Å². The average Bonchev–Trinajstić information content (AvgIpc) is 3.67. The quantitative estimate of drug-likeness (QED) is 0.327. The molecule has 10 heteroatoms. The summed E-state index contributed by atoms with van der Waals surface area (Å²) in [5, 5.41) is 2.15. The van der Waals surface area contributed by atoms with Crippen molar-refractivity contribution in [2.24, 2.45) is 10.9 Å². The Hall–Kier alpha value is -2.52. The first kappa shape index (κ1) is 32.4. The molecule has 4 aliphatic heterocycles. The summed E-state index contributed by atoms with van der Waals surface area (Å²) in [7, 11) is 2.13. The number of nitrogens with zero attached hydrogens (tertiary/aromatic N) is 5. The number of rotatable bonds is 6. The summed E-state index contributed by atoms with van der Waals surface area (Å²) in [5.74, 6) is 0.0658. The van der Waals surface area contributed by atoms with Crippen LogP contribution in [0.4, 0.5) is 0 Å². The molecule has 4 aliphatic rings. The van der Waals surface area contributed by atoms with Crippen LogP contribution in [-0.2, 0) is 15.1 Å². The molecule has 0 saturated carbocycles.